The van der Waals surface area contributed by atoms with Gasteiger partial charge in [0.2, 0.25) is 5.91 Å². The largest absolute Gasteiger partial charge is 0.480 e. The third kappa shape index (κ3) is 4.55. The van der Waals surface area contributed by atoms with Gasteiger partial charge in [-0.3, -0.25) is 9.59 Å². The van der Waals surface area contributed by atoms with Crippen LogP contribution in [0.3, 0.4) is 0 Å². The maximum absolute atomic E-state index is 11.9. The van der Waals surface area contributed by atoms with Gasteiger partial charge in [0, 0.05) is 13.1 Å². The lowest BCUT2D eigenvalue weighted by Gasteiger charge is -2.35. The smallest absolute Gasteiger partial charge is 0.316 e. The Kier molecular flexibility index (Phi) is 5.27. The molecule has 0 spiro atoms. The van der Waals surface area contributed by atoms with Crippen molar-refractivity contribution in [1.29, 1.82) is 0 Å². The van der Waals surface area contributed by atoms with Gasteiger partial charge in [0.25, 0.3) is 0 Å². The van der Waals surface area contributed by atoms with Gasteiger partial charge in [0.15, 0.2) is 0 Å². The topological polar surface area (TPSA) is 66.8 Å². The van der Waals surface area contributed by atoms with Crippen LogP contribution in [0.2, 0.25) is 0 Å². The maximum Gasteiger partial charge on any atom is 0.316 e. The molecule has 17 heavy (non-hydrogen) atoms. The zero-order chi connectivity index (χ0) is 13.0. The van der Waals surface area contributed by atoms with Crippen LogP contribution in [0.25, 0.3) is 0 Å². The average molecular weight is 261 g/mol. The molecule has 1 fully saturated rings. The van der Waals surface area contributed by atoms with Crippen LogP contribution in [0.15, 0.2) is 0 Å². The van der Waals surface area contributed by atoms with Gasteiger partial charge < -0.3 is 14.7 Å². The highest BCUT2D eigenvalue weighted by Crippen LogP contribution is 2.15. The van der Waals surface area contributed by atoms with E-state index in [1.54, 1.807) is 11.8 Å². The molecule has 0 bridgehead atoms. The number of hydrogen-bond acceptors (Lipinski definition) is 4. The zero-order valence-corrected chi connectivity index (χ0v) is 11.2. The van der Waals surface area contributed by atoms with E-state index >= 15 is 0 Å². The summed E-state index contributed by atoms with van der Waals surface area (Å²) in [7, 11) is 0. The third-order valence-electron chi connectivity index (χ3n) is 2.58. The lowest BCUT2D eigenvalue weighted by molar-refractivity contribution is -0.140. The van der Waals surface area contributed by atoms with Crippen LogP contribution in [0.4, 0.5) is 0 Å². The first kappa shape index (κ1) is 14.3. The fraction of sp³-hybridized carbons (Fsp3) is 0.818. The molecule has 0 aromatic rings. The first-order chi connectivity index (χ1) is 7.90. The lowest BCUT2D eigenvalue weighted by Crippen LogP contribution is -2.48. The molecule has 5 nitrogen and oxygen atoms in total. The second-order valence-corrected chi connectivity index (χ2v) is 5.68. The van der Waals surface area contributed by atoms with Crippen molar-refractivity contribution in [2.45, 2.75) is 38.2 Å². The van der Waals surface area contributed by atoms with Crippen LogP contribution in [0.5, 0.6) is 0 Å². The predicted molar refractivity (Wildman–Crippen MR) is 66.1 cm³/mol. The molecular formula is C11H19NO4S. The van der Waals surface area contributed by atoms with E-state index in [9.17, 15) is 9.59 Å². The molecule has 6 heteroatoms. The number of carboxylic acid groups (broad SMARTS) is 1. The highest BCUT2D eigenvalue weighted by Gasteiger charge is 2.26. The Hall–Kier alpha value is -0.750. The van der Waals surface area contributed by atoms with Crippen LogP contribution in [0, 0.1) is 0 Å². The van der Waals surface area contributed by atoms with Gasteiger partial charge in [-0.05, 0) is 20.8 Å². The fourth-order valence-electron chi connectivity index (χ4n) is 1.74. The van der Waals surface area contributed by atoms with Gasteiger partial charge in [-0.25, -0.2) is 0 Å². The molecule has 1 amide bonds. The van der Waals surface area contributed by atoms with E-state index < -0.39 is 11.2 Å². The van der Waals surface area contributed by atoms with Gasteiger partial charge >= 0.3 is 5.97 Å². The molecule has 1 rings (SSSR count). The standard InChI is InChI=1S/C11H19NO4S/c1-7-4-12(5-8(2)16-7)10(13)6-17-9(3)11(14)15/h7-9H,4-6H2,1-3H3,(H,14,15). The second kappa shape index (κ2) is 6.26. The quantitative estimate of drug-likeness (QED) is 0.812. The summed E-state index contributed by atoms with van der Waals surface area (Å²) in [6, 6.07) is 0. The van der Waals surface area contributed by atoms with E-state index in [0.29, 0.717) is 13.1 Å². The molecule has 1 aliphatic rings. The molecule has 0 aromatic carbocycles. The average Bonchev–Trinajstić information content (AvgIpc) is 2.23. The van der Waals surface area contributed by atoms with Crippen LogP contribution >= 0.6 is 11.8 Å². The van der Waals surface area contributed by atoms with Crippen molar-refractivity contribution in [1.82, 2.24) is 4.90 Å². The molecule has 3 unspecified atom stereocenters. The predicted octanol–water partition coefficient (Wildman–Crippen LogP) is 0.829. The number of carbonyl (C=O) groups excluding carboxylic acids is 1. The van der Waals surface area contributed by atoms with Crippen molar-refractivity contribution in [3.05, 3.63) is 0 Å². The van der Waals surface area contributed by atoms with Gasteiger partial charge in [-0.2, -0.15) is 0 Å². The number of rotatable bonds is 4. The van der Waals surface area contributed by atoms with Crippen molar-refractivity contribution in [2.75, 3.05) is 18.8 Å². The zero-order valence-electron chi connectivity index (χ0n) is 10.4. The molecule has 98 valence electrons. The van der Waals surface area contributed by atoms with Gasteiger partial charge in [0.1, 0.15) is 0 Å². The summed E-state index contributed by atoms with van der Waals surface area (Å²) in [5.41, 5.74) is 0. The Bertz CT molecular complexity index is 287. The van der Waals surface area contributed by atoms with E-state index in [2.05, 4.69) is 0 Å². The van der Waals surface area contributed by atoms with E-state index in [-0.39, 0.29) is 23.9 Å². The molecule has 0 aliphatic carbocycles. The molecule has 1 aliphatic heterocycles. The SMILES string of the molecule is CC1CN(C(=O)CSC(C)C(=O)O)CC(C)O1. The van der Waals surface area contributed by atoms with E-state index in [4.69, 9.17) is 9.84 Å². The molecule has 0 aromatic heterocycles. The Morgan fingerprint density at radius 1 is 1.41 bits per heavy atom. The molecule has 0 radical (unpaired) electrons. The van der Waals surface area contributed by atoms with Crippen molar-refractivity contribution >= 4 is 23.6 Å². The number of carbonyl (C=O) groups is 2. The summed E-state index contributed by atoms with van der Waals surface area (Å²) in [6.45, 7) is 6.63. The first-order valence-corrected chi connectivity index (χ1v) is 6.72. The summed E-state index contributed by atoms with van der Waals surface area (Å²) in [4.78, 5) is 24.2. The molecule has 1 saturated heterocycles. The minimum absolute atomic E-state index is 0.00917. The Labute approximate surface area is 105 Å². The van der Waals surface area contributed by atoms with Crippen LogP contribution in [-0.4, -0.2) is 58.2 Å². The third-order valence-corrected chi connectivity index (χ3v) is 3.69. The highest BCUT2D eigenvalue weighted by molar-refractivity contribution is 8.01. The lowest BCUT2D eigenvalue weighted by atomic mass is 10.2. The van der Waals surface area contributed by atoms with Crippen LogP contribution in [-0.2, 0) is 14.3 Å². The summed E-state index contributed by atoms with van der Waals surface area (Å²) >= 11 is 1.16. The van der Waals surface area contributed by atoms with Gasteiger partial charge in [-0.15, -0.1) is 11.8 Å². The molecular weight excluding hydrogens is 242 g/mol. The normalized spacial score (nSPS) is 26.6. The minimum atomic E-state index is -0.883. The Morgan fingerprint density at radius 2 is 1.94 bits per heavy atom. The number of morpholine rings is 1. The Balaban J connectivity index is 2.39. The van der Waals surface area contributed by atoms with E-state index in [1.165, 1.54) is 0 Å². The summed E-state index contributed by atoms with van der Waals surface area (Å²) in [5.74, 6) is -0.677. The first-order valence-electron chi connectivity index (χ1n) is 5.67. The van der Waals surface area contributed by atoms with Gasteiger partial charge in [0.05, 0.1) is 23.2 Å². The second-order valence-electron chi connectivity index (χ2n) is 4.35. The molecule has 1 heterocycles. The van der Waals surface area contributed by atoms with E-state index in [0.717, 1.165) is 11.8 Å². The van der Waals surface area contributed by atoms with Crippen molar-refractivity contribution in [3.8, 4) is 0 Å². The summed E-state index contributed by atoms with van der Waals surface area (Å²) < 4.78 is 5.54. The molecule has 1 N–H and O–H groups in total. The Morgan fingerprint density at radius 3 is 2.41 bits per heavy atom. The van der Waals surface area contributed by atoms with Crippen LogP contribution < -0.4 is 0 Å². The number of thioether (sulfide) groups is 1. The highest BCUT2D eigenvalue weighted by atomic mass is 32.2. The van der Waals surface area contributed by atoms with Gasteiger partial charge in [-0.1, -0.05) is 0 Å². The van der Waals surface area contributed by atoms with Crippen LogP contribution in [0.1, 0.15) is 20.8 Å². The number of carboxylic acids is 1. The summed E-state index contributed by atoms with van der Waals surface area (Å²) in [6.07, 6.45) is 0.0918. The van der Waals surface area contributed by atoms with Crippen molar-refractivity contribution in [3.63, 3.8) is 0 Å². The monoisotopic (exact) mass is 261 g/mol. The number of amides is 1. The molecule has 0 saturated carbocycles. The number of hydrogen-bond donors (Lipinski definition) is 1. The van der Waals surface area contributed by atoms with E-state index in [1.807, 2.05) is 13.8 Å². The number of aliphatic carboxylic acids is 1. The van der Waals surface area contributed by atoms with Crippen molar-refractivity contribution < 1.29 is 19.4 Å². The number of nitrogens with zero attached hydrogens (tertiary/aromatic N) is 1. The fourth-order valence-corrected chi connectivity index (χ4v) is 2.46. The number of ether oxygens (including phenoxy) is 1. The summed E-state index contributed by atoms with van der Waals surface area (Å²) in [5, 5.41) is 8.18. The minimum Gasteiger partial charge on any atom is -0.480 e. The van der Waals surface area contributed by atoms with Crippen molar-refractivity contribution in [2.24, 2.45) is 0 Å². The molecule has 3 atom stereocenters. The maximum atomic E-state index is 11.9.